The topological polar surface area (TPSA) is 74.5 Å². The number of carbonyl (C=O) groups excluding carboxylic acids is 1. The Morgan fingerprint density at radius 1 is 1.10 bits per heavy atom. The van der Waals surface area contributed by atoms with Crippen LogP contribution in [-0.2, 0) is 0 Å². The zero-order valence-electron chi connectivity index (χ0n) is 18.8. The molecule has 0 bridgehead atoms. The van der Waals surface area contributed by atoms with Crippen molar-refractivity contribution in [1.82, 2.24) is 20.4 Å². The number of aromatic nitrogens is 2. The highest BCUT2D eigenvalue weighted by molar-refractivity contribution is 5.89. The average molecular weight is 426 g/mol. The second-order valence-electron chi connectivity index (χ2n) is 9.30. The third-order valence-electron chi connectivity index (χ3n) is 6.57. The molecule has 31 heavy (non-hydrogen) atoms. The van der Waals surface area contributed by atoms with Crippen molar-refractivity contribution in [2.45, 2.75) is 46.0 Å². The summed E-state index contributed by atoms with van der Waals surface area (Å²) >= 11 is 0. The summed E-state index contributed by atoms with van der Waals surface area (Å²) < 4.78 is 5.21. The summed E-state index contributed by atoms with van der Waals surface area (Å²) in [6, 6.07) is 8.20. The second-order valence-corrected chi connectivity index (χ2v) is 9.30. The van der Waals surface area contributed by atoms with Crippen molar-refractivity contribution < 1.29 is 9.32 Å². The van der Waals surface area contributed by atoms with Gasteiger partial charge in [-0.1, -0.05) is 19.0 Å². The Morgan fingerprint density at radius 2 is 1.87 bits per heavy atom. The minimum atomic E-state index is -0.301. The fourth-order valence-corrected chi connectivity index (χ4v) is 4.59. The number of anilines is 1. The van der Waals surface area contributed by atoms with Gasteiger partial charge >= 0.3 is 11.8 Å². The zero-order valence-corrected chi connectivity index (χ0v) is 18.8. The van der Waals surface area contributed by atoms with Crippen LogP contribution < -0.4 is 10.2 Å². The highest BCUT2D eigenvalue weighted by Crippen LogP contribution is 2.25. The maximum absolute atomic E-state index is 12.4. The summed E-state index contributed by atoms with van der Waals surface area (Å²) in [6.45, 7) is 10.8. The van der Waals surface area contributed by atoms with Gasteiger partial charge in [0.25, 0.3) is 0 Å². The molecule has 1 atom stereocenters. The van der Waals surface area contributed by atoms with Crippen LogP contribution in [0.2, 0.25) is 0 Å². The Kier molecular flexibility index (Phi) is 7.22. The molecule has 1 aromatic carbocycles. The first-order chi connectivity index (χ1) is 15.1. The van der Waals surface area contributed by atoms with Crippen LogP contribution in [0.15, 0.2) is 28.8 Å². The van der Waals surface area contributed by atoms with E-state index in [-0.39, 0.29) is 11.8 Å². The molecule has 1 N–H and O–H groups in total. The molecule has 0 spiro atoms. The average Bonchev–Trinajstić information content (AvgIpc) is 3.28. The molecule has 3 heterocycles. The monoisotopic (exact) mass is 425 g/mol. The number of benzene rings is 1. The number of piperidine rings is 2. The Bertz CT molecular complexity index is 842. The Morgan fingerprint density at radius 3 is 2.61 bits per heavy atom. The molecule has 1 amide bonds. The molecule has 0 unspecified atom stereocenters. The maximum atomic E-state index is 12.4. The van der Waals surface area contributed by atoms with Gasteiger partial charge in [0.05, 0.1) is 0 Å². The Labute approximate surface area is 185 Å². The fourth-order valence-electron chi connectivity index (χ4n) is 4.59. The molecule has 2 fully saturated rings. The van der Waals surface area contributed by atoms with Gasteiger partial charge in [-0.15, -0.1) is 0 Å². The van der Waals surface area contributed by atoms with E-state index in [9.17, 15) is 4.79 Å². The number of amides is 1. The second kappa shape index (κ2) is 10.3. The summed E-state index contributed by atoms with van der Waals surface area (Å²) in [5, 5.41) is 6.90. The van der Waals surface area contributed by atoms with Crippen molar-refractivity contribution in [3.8, 4) is 11.4 Å². The van der Waals surface area contributed by atoms with Gasteiger partial charge in [0.15, 0.2) is 0 Å². The van der Waals surface area contributed by atoms with E-state index in [1.807, 2.05) is 12.1 Å². The largest absolute Gasteiger partial charge is 0.372 e. The lowest BCUT2D eigenvalue weighted by Crippen LogP contribution is -2.36. The van der Waals surface area contributed by atoms with E-state index >= 15 is 0 Å². The summed E-state index contributed by atoms with van der Waals surface area (Å²) in [7, 11) is 0. The molecular formula is C24H35N5O2. The van der Waals surface area contributed by atoms with Gasteiger partial charge in [0.2, 0.25) is 5.82 Å². The predicted molar refractivity (Wildman–Crippen MR) is 122 cm³/mol. The van der Waals surface area contributed by atoms with Crippen LogP contribution in [-0.4, -0.2) is 60.2 Å². The molecule has 4 rings (SSSR count). The molecule has 2 aliphatic heterocycles. The summed E-state index contributed by atoms with van der Waals surface area (Å²) in [5.41, 5.74) is 2.08. The predicted octanol–water partition coefficient (Wildman–Crippen LogP) is 3.82. The standard InChI is InChI=1S/C24H35N5O2/c1-18-10-15-29(16-11-18)21-8-6-20(7-9-21)22-26-24(31-27-22)23(30)25-12-4-14-28-13-3-5-19(2)17-28/h6-9,18-19H,3-5,10-17H2,1-2H3,(H,25,30)/t19-/m1/s1. The van der Waals surface area contributed by atoms with Gasteiger partial charge in [-0.2, -0.15) is 4.98 Å². The van der Waals surface area contributed by atoms with Gasteiger partial charge in [0, 0.05) is 37.4 Å². The highest BCUT2D eigenvalue weighted by atomic mass is 16.5. The molecule has 7 heteroatoms. The van der Waals surface area contributed by atoms with Crippen molar-refractivity contribution in [3.05, 3.63) is 30.2 Å². The lowest BCUT2D eigenvalue weighted by molar-refractivity contribution is 0.0906. The van der Waals surface area contributed by atoms with Gasteiger partial charge in [-0.05, 0) is 81.3 Å². The highest BCUT2D eigenvalue weighted by Gasteiger charge is 2.19. The van der Waals surface area contributed by atoms with Crippen molar-refractivity contribution >= 4 is 11.6 Å². The van der Waals surface area contributed by atoms with Gasteiger partial charge < -0.3 is 19.6 Å². The third-order valence-corrected chi connectivity index (χ3v) is 6.57. The molecule has 2 aromatic rings. The zero-order chi connectivity index (χ0) is 21.6. The molecule has 0 saturated carbocycles. The van der Waals surface area contributed by atoms with Crippen molar-refractivity contribution in [3.63, 3.8) is 0 Å². The van der Waals surface area contributed by atoms with Crippen LogP contribution in [0.1, 0.15) is 56.6 Å². The Hall–Kier alpha value is -2.41. The molecule has 0 radical (unpaired) electrons. The minimum absolute atomic E-state index is 0.0238. The fraction of sp³-hybridized carbons (Fsp3) is 0.625. The first kappa shape index (κ1) is 21.8. The van der Waals surface area contributed by atoms with E-state index in [1.54, 1.807) is 0 Å². The number of rotatable bonds is 7. The minimum Gasteiger partial charge on any atom is -0.372 e. The van der Waals surface area contributed by atoms with E-state index < -0.39 is 0 Å². The normalized spacial score (nSPS) is 20.7. The third kappa shape index (κ3) is 5.85. The molecule has 1 aromatic heterocycles. The smallest absolute Gasteiger partial charge is 0.316 e. The molecule has 2 aliphatic rings. The first-order valence-corrected chi connectivity index (χ1v) is 11.8. The number of hydrogen-bond donors (Lipinski definition) is 1. The van der Waals surface area contributed by atoms with Crippen LogP contribution in [0.4, 0.5) is 5.69 Å². The summed E-state index contributed by atoms with van der Waals surface area (Å²) in [5.74, 6) is 1.76. The van der Waals surface area contributed by atoms with Crippen LogP contribution in [0, 0.1) is 11.8 Å². The van der Waals surface area contributed by atoms with Crippen LogP contribution in [0.25, 0.3) is 11.4 Å². The molecule has 0 aliphatic carbocycles. The van der Waals surface area contributed by atoms with Crippen molar-refractivity contribution in [1.29, 1.82) is 0 Å². The number of nitrogens with zero attached hydrogens (tertiary/aromatic N) is 4. The van der Waals surface area contributed by atoms with E-state index in [0.717, 1.165) is 50.0 Å². The number of nitrogens with one attached hydrogen (secondary N) is 1. The van der Waals surface area contributed by atoms with E-state index in [2.05, 4.69) is 51.2 Å². The Balaban J connectivity index is 1.25. The number of likely N-dealkylation sites (tertiary alicyclic amines) is 1. The lowest BCUT2D eigenvalue weighted by Gasteiger charge is -2.32. The van der Waals surface area contributed by atoms with Gasteiger partial charge in [-0.25, -0.2) is 0 Å². The molecule has 2 saturated heterocycles. The number of hydrogen-bond acceptors (Lipinski definition) is 6. The molecule has 168 valence electrons. The number of carbonyl (C=O) groups is 1. The van der Waals surface area contributed by atoms with Gasteiger partial charge in [-0.3, -0.25) is 4.79 Å². The van der Waals surface area contributed by atoms with E-state index in [4.69, 9.17) is 4.52 Å². The molecule has 7 nitrogen and oxygen atoms in total. The van der Waals surface area contributed by atoms with Crippen molar-refractivity contribution in [2.24, 2.45) is 11.8 Å². The van der Waals surface area contributed by atoms with Crippen molar-refractivity contribution in [2.75, 3.05) is 44.2 Å². The van der Waals surface area contributed by atoms with Crippen LogP contribution >= 0.6 is 0 Å². The maximum Gasteiger partial charge on any atom is 0.316 e. The van der Waals surface area contributed by atoms with Crippen LogP contribution in [0.3, 0.4) is 0 Å². The van der Waals surface area contributed by atoms with E-state index in [0.29, 0.717) is 12.4 Å². The summed E-state index contributed by atoms with van der Waals surface area (Å²) in [4.78, 5) is 21.6. The van der Waals surface area contributed by atoms with E-state index in [1.165, 1.54) is 37.9 Å². The SMILES string of the molecule is CC1CCN(c2ccc(-c3noc(C(=O)NCCCN4CCC[C@@H](C)C4)n3)cc2)CC1. The quantitative estimate of drug-likeness (QED) is 0.680. The van der Waals surface area contributed by atoms with Gasteiger partial charge in [0.1, 0.15) is 0 Å². The molecular weight excluding hydrogens is 390 g/mol. The first-order valence-electron chi connectivity index (χ1n) is 11.8. The van der Waals surface area contributed by atoms with Crippen LogP contribution in [0.5, 0.6) is 0 Å². The lowest BCUT2D eigenvalue weighted by atomic mass is 9.98. The summed E-state index contributed by atoms with van der Waals surface area (Å²) in [6.07, 6.45) is 6.00.